The van der Waals surface area contributed by atoms with Crippen molar-refractivity contribution in [2.45, 2.75) is 36.8 Å². The zero-order valence-electron chi connectivity index (χ0n) is 22.1. The number of carbonyl (C=O) groups is 1. The number of pyridine rings is 1. The summed E-state index contributed by atoms with van der Waals surface area (Å²) in [4.78, 5) is 37.4. The lowest BCUT2D eigenvalue weighted by Crippen LogP contribution is -2.23. The van der Waals surface area contributed by atoms with Crippen LogP contribution in [-0.4, -0.2) is 65.6 Å². The van der Waals surface area contributed by atoms with Gasteiger partial charge in [-0.2, -0.15) is 0 Å². The van der Waals surface area contributed by atoms with E-state index in [1.165, 1.54) is 48.8 Å². The lowest BCUT2D eigenvalue weighted by atomic mass is 10.1. The van der Waals surface area contributed by atoms with Crippen molar-refractivity contribution in [1.82, 2.24) is 19.4 Å². The van der Waals surface area contributed by atoms with Crippen LogP contribution in [-0.2, 0) is 21.1 Å². The van der Waals surface area contributed by atoms with E-state index in [0.29, 0.717) is 32.4 Å². The van der Waals surface area contributed by atoms with Crippen LogP contribution in [0.25, 0.3) is 16.7 Å². The first-order valence-corrected chi connectivity index (χ1v) is 16.0. The second-order valence-corrected chi connectivity index (χ2v) is 13.8. The number of thiophene rings is 1. The normalized spacial score (nSPS) is 14.2. The number of Topliss-reactive ketones (excluding diaryl/α,β-unsaturated/α-hetero) is 1. The molecule has 5 rings (SSSR count). The van der Waals surface area contributed by atoms with E-state index < -0.39 is 21.4 Å². The zero-order valence-corrected chi connectivity index (χ0v) is 24.5. The summed E-state index contributed by atoms with van der Waals surface area (Å²) in [5.74, 6) is -0.215. The average Bonchev–Trinajstić information content (AvgIpc) is 3.59. The first kappa shape index (κ1) is 28.4. The van der Waals surface area contributed by atoms with Gasteiger partial charge in [-0.15, -0.1) is 11.3 Å². The van der Waals surface area contributed by atoms with Gasteiger partial charge < -0.3 is 10.2 Å². The number of aryl methyl sites for hydroxylation is 1. The van der Waals surface area contributed by atoms with Crippen molar-refractivity contribution in [3.05, 3.63) is 74.7 Å². The molecule has 1 aromatic carbocycles. The van der Waals surface area contributed by atoms with Gasteiger partial charge in [0.05, 0.1) is 15.2 Å². The number of likely N-dealkylation sites (tertiary alicyclic amines) is 1. The van der Waals surface area contributed by atoms with E-state index in [9.17, 15) is 18.0 Å². The predicted octanol–water partition coefficient (Wildman–Crippen LogP) is 4.29. The van der Waals surface area contributed by atoms with E-state index in [1.807, 2.05) is 12.1 Å². The minimum atomic E-state index is -3.75. The van der Waals surface area contributed by atoms with Gasteiger partial charge in [0.25, 0.3) is 5.56 Å². The Morgan fingerprint density at radius 1 is 1.12 bits per heavy atom. The van der Waals surface area contributed by atoms with Gasteiger partial charge in [-0.3, -0.25) is 9.59 Å². The molecule has 0 atom stereocenters. The van der Waals surface area contributed by atoms with Crippen molar-refractivity contribution >= 4 is 55.1 Å². The summed E-state index contributed by atoms with van der Waals surface area (Å²) < 4.78 is 26.8. The molecule has 1 aliphatic heterocycles. The molecule has 0 saturated carbocycles. The van der Waals surface area contributed by atoms with Gasteiger partial charge in [0, 0.05) is 24.8 Å². The maximum Gasteiger partial charge on any atom is 0.267 e. The van der Waals surface area contributed by atoms with Crippen LogP contribution >= 0.6 is 22.9 Å². The Balaban J connectivity index is 1.25. The van der Waals surface area contributed by atoms with Gasteiger partial charge in [-0.1, -0.05) is 17.7 Å². The first-order chi connectivity index (χ1) is 19.2. The molecule has 1 saturated heterocycles. The number of nitrogens with one attached hydrogen (secondary N) is 1. The second-order valence-electron chi connectivity index (χ2n) is 9.92. The number of sulfone groups is 1. The summed E-state index contributed by atoms with van der Waals surface area (Å²) in [6.45, 7) is 6.07. The number of hydrogen-bond acceptors (Lipinski definition) is 9. The molecule has 1 aliphatic rings. The highest BCUT2D eigenvalue weighted by Gasteiger charge is 2.22. The fraction of sp³-hybridized carbons (Fsp3) is 0.357. The van der Waals surface area contributed by atoms with Gasteiger partial charge in [0.15, 0.2) is 15.6 Å². The van der Waals surface area contributed by atoms with E-state index in [0.717, 1.165) is 36.5 Å². The lowest BCUT2D eigenvalue weighted by molar-refractivity contribution is -0.116. The quantitative estimate of drug-likeness (QED) is 0.254. The van der Waals surface area contributed by atoms with Gasteiger partial charge in [-0.05, 0) is 87.8 Å². The molecule has 3 aromatic heterocycles. The maximum atomic E-state index is 13.4. The van der Waals surface area contributed by atoms with Crippen molar-refractivity contribution in [2.75, 3.05) is 37.2 Å². The second kappa shape index (κ2) is 12.2. The summed E-state index contributed by atoms with van der Waals surface area (Å²) in [5.41, 5.74) is 1.85. The standard InChI is InChI=1S/C28H30ClN5O4S2/c1-19-32-24-16-21(30-11-4-14-33-12-2-3-13-33)6-7-23(24)28(36)34(19)26-9-5-20(17-31-26)15-22(35)18-40(37,38)27-10-8-25(29)39-27/h5-10,16-17,30H,2-4,11-15,18H2,1H3. The Labute approximate surface area is 241 Å². The molecule has 4 aromatic rings. The van der Waals surface area contributed by atoms with E-state index in [4.69, 9.17) is 11.6 Å². The summed E-state index contributed by atoms with van der Waals surface area (Å²) >= 11 is 6.75. The van der Waals surface area contributed by atoms with Gasteiger partial charge in [0.2, 0.25) is 0 Å². The van der Waals surface area contributed by atoms with Crippen LogP contribution in [0.2, 0.25) is 4.34 Å². The van der Waals surface area contributed by atoms with Gasteiger partial charge in [0.1, 0.15) is 21.6 Å². The molecule has 4 heterocycles. The Kier molecular flexibility index (Phi) is 8.65. The summed E-state index contributed by atoms with van der Waals surface area (Å²) in [5, 5.41) is 3.91. The molecule has 40 heavy (non-hydrogen) atoms. The Hall–Kier alpha value is -3.12. The van der Waals surface area contributed by atoms with Crippen molar-refractivity contribution < 1.29 is 13.2 Å². The van der Waals surface area contributed by atoms with Crippen LogP contribution < -0.4 is 10.9 Å². The van der Waals surface area contributed by atoms with Crippen molar-refractivity contribution in [2.24, 2.45) is 0 Å². The maximum absolute atomic E-state index is 13.4. The molecule has 0 amide bonds. The van der Waals surface area contributed by atoms with Crippen LogP contribution in [0, 0.1) is 6.92 Å². The molecule has 0 unspecified atom stereocenters. The number of anilines is 1. The van der Waals surface area contributed by atoms with E-state index >= 15 is 0 Å². The minimum Gasteiger partial charge on any atom is -0.385 e. The lowest BCUT2D eigenvalue weighted by Gasteiger charge is -2.15. The van der Waals surface area contributed by atoms with Crippen LogP contribution in [0.4, 0.5) is 5.69 Å². The minimum absolute atomic E-state index is 0.0680. The number of aromatic nitrogens is 3. The van der Waals surface area contributed by atoms with Gasteiger partial charge >= 0.3 is 0 Å². The molecule has 0 radical (unpaired) electrons. The number of benzene rings is 1. The fourth-order valence-corrected chi connectivity index (χ4v) is 7.71. The number of fused-ring (bicyclic) bond motifs is 1. The molecule has 0 aliphatic carbocycles. The van der Waals surface area contributed by atoms with Gasteiger partial charge in [-0.25, -0.2) is 23.0 Å². The Morgan fingerprint density at radius 3 is 2.62 bits per heavy atom. The monoisotopic (exact) mass is 599 g/mol. The Bertz CT molecular complexity index is 1690. The number of ketones is 1. The van der Waals surface area contributed by atoms with Crippen molar-refractivity contribution in [3.8, 4) is 5.82 Å². The van der Waals surface area contributed by atoms with E-state index in [1.54, 1.807) is 25.1 Å². The van der Waals surface area contributed by atoms with Crippen molar-refractivity contribution in [3.63, 3.8) is 0 Å². The molecular weight excluding hydrogens is 570 g/mol. The highest BCUT2D eigenvalue weighted by molar-refractivity contribution is 7.94. The first-order valence-electron chi connectivity index (χ1n) is 13.1. The largest absolute Gasteiger partial charge is 0.385 e. The molecule has 0 spiro atoms. The number of carbonyl (C=O) groups excluding carboxylic acids is 1. The highest BCUT2D eigenvalue weighted by Crippen LogP contribution is 2.26. The summed E-state index contributed by atoms with van der Waals surface area (Å²) in [6, 6.07) is 11.7. The fourth-order valence-electron chi connectivity index (χ4n) is 4.90. The molecular formula is C28H30ClN5O4S2. The van der Waals surface area contributed by atoms with Crippen LogP contribution in [0.3, 0.4) is 0 Å². The molecule has 0 bridgehead atoms. The van der Waals surface area contributed by atoms with Crippen LogP contribution in [0.15, 0.2) is 57.7 Å². The molecule has 12 heteroatoms. The smallest absolute Gasteiger partial charge is 0.267 e. The topological polar surface area (TPSA) is 114 Å². The summed E-state index contributed by atoms with van der Waals surface area (Å²) in [7, 11) is -3.75. The predicted molar refractivity (Wildman–Crippen MR) is 159 cm³/mol. The van der Waals surface area contributed by atoms with Crippen molar-refractivity contribution in [1.29, 1.82) is 0 Å². The third kappa shape index (κ3) is 6.60. The number of rotatable bonds is 11. The molecule has 1 fully saturated rings. The third-order valence-corrected chi connectivity index (χ3v) is 10.4. The highest BCUT2D eigenvalue weighted by atomic mass is 35.5. The molecule has 210 valence electrons. The number of hydrogen-bond donors (Lipinski definition) is 1. The third-order valence-electron chi connectivity index (χ3n) is 6.86. The van der Waals surface area contributed by atoms with E-state index in [-0.39, 0.29) is 16.2 Å². The number of halogens is 1. The Morgan fingerprint density at radius 2 is 1.93 bits per heavy atom. The summed E-state index contributed by atoms with van der Waals surface area (Å²) in [6.07, 6.45) is 5.02. The zero-order chi connectivity index (χ0) is 28.3. The molecule has 9 nitrogen and oxygen atoms in total. The van der Waals surface area contributed by atoms with Crippen LogP contribution in [0.1, 0.15) is 30.7 Å². The average molecular weight is 600 g/mol. The SMILES string of the molecule is Cc1nc2cc(NCCCN3CCCC3)ccc2c(=O)n1-c1ccc(CC(=O)CS(=O)(=O)c2ccc(Cl)s2)cn1. The van der Waals surface area contributed by atoms with E-state index in [2.05, 4.69) is 20.2 Å². The van der Waals surface area contributed by atoms with Crippen LogP contribution in [0.5, 0.6) is 0 Å². The molecule has 1 N–H and O–H groups in total. The number of nitrogens with zero attached hydrogens (tertiary/aromatic N) is 4.